The zero-order valence-corrected chi connectivity index (χ0v) is 13.2. The molecule has 2 saturated heterocycles. The summed E-state index contributed by atoms with van der Waals surface area (Å²) in [6.07, 6.45) is 1.41. The first-order chi connectivity index (χ1) is 10.5. The normalized spacial score (nSPS) is 24.5. The number of nitrogens with zero attached hydrogens (tertiary/aromatic N) is 2. The molecule has 5 heteroatoms. The first-order valence-corrected chi connectivity index (χ1v) is 7.67. The van der Waals surface area contributed by atoms with Crippen molar-refractivity contribution in [3.8, 4) is 0 Å². The van der Waals surface area contributed by atoms with Gasteiger partial charge in [-0.3, -0.25) is 9.59 Å². The highest BCUT2D eigenvalue weighted by atomic mass is 16.5. The van der Waals surface area contributed by atoms with Gasteiger partial charge in [-0.1, -0.05) is 17.7 Å². The van der Waals surface area contributed by atoms with E-state index < -0.39 is 0 Å². The number of carbonyl (C=O) groups is 2. The van der Waals surface area contributed by atoms with E-state index in [2.05, 4.69) is 0 Å². The summed E-state index contributed by atoms with van der Waals surface area (Å²) in [6, 6.07) is 8.04. The highest BCUT2D eigenvalue weighted by Gasteiger charge is 2.48. The molecule has 0 aliphatic carbocycles. The van der Waals surface area contributed by atoms with Crippen molar-refractivity contribution in [2.75, 3.05) is 38.3 Å². The SMILES string of the molecule is COCC(=O)N1CCC2(CC(=O)N(c3ccc(C)cc3)C2)C1. The first-order valence-electron chi connectivity index (χ1n) is 7.67. The average Bonchev–Trinajstić information content (AvgIpc) is 3.04. The summed E-state index contributed by atoms with van der Waals surface area (Å²) in [5.74, 6) is 0.172. The molecule has 2 amide bonds. The Hall–Kier alpha value is -1.88. The Morgan fingerprint density at radius 3 is 2.68 bits per heavy atom. The third kappa shape index (κ3) is 2.73. The van der Waals surface area contributed by atoms with Crippen LogP contribution in [0.1, 0.15) is 18.4 Å². The lowest BCUT2D eigenvalue weighted by Gasteiger charge is -2.24. The van der Waals surface area contributed by atoms with Crippen molar-refractivity contribution in [1.29, 1.82) is 0 Å². The zero-order valence-electron chi connectivity index (χ0n) is 13.2. The summed E-state index contributed by atoms with van der Waals surface area (Å²) in [4.78, 5) is 28.1. The molecule has 2 aliphatic rings. The molecule has 2 aliphatic heterocycles. The number of hydrogen-bond donors (Lipinski definition) is 0. The van der Waals surface area contributed by atoms with Crippen molar-refractivity contribution in [3.63, 3.8) is 0 Å². The van der Waals surface area contributed by atoms with Gasteiger partial charge < -0.3 is 14.5 Å². The van der Waals surface area contributed by atoms with E-state index in [1.807, 2.05) is 41.0 Å². The Morgan fingerprint density at radius 2 is 2.00 bits per heavy atom. The molecule has 1 atom stereocenters. The van der Waals surface area contributed by atoms with Crippen LogP contribution in [0.25, 0.3) is 0 Å². The number of anilines is 1. The number of likely N-dealkylation sites (tertiary alicyclic amines) is 1. The maximum Gasteiger partial charge on any atom is 0.248 e. The quantitative estimate of drug-likeness (QED) is 0.852. The molecule has 1 unspecified atom stereocenters. The van der Waals surface area contributed by atoms with E-state index >= 15 is 0 Å². The van der Waals surface area contributed by atoms with Gasteiger partial charge in [0.05, 0.1) is 0 Å². The lowest BCUT2D eigenvalue weighted by Crippen LogP contribution is -2.35. The molecule has 5 nitrogen and oxygen atoms in total. The molecule has 1 spiro atoms. The second-order valence-electron chi connectivity index (χ2n) is 6.49. The molecule has 1 aromatic rings. The van der Waals surface area contributed by atoms with Crippen LogP contribution in [-0.2, 0) is 14.3 Å². The van der Waals surface area contributed by atoms with Gasteiger partial charge in [0.15, 0.2) is 0 Å². The van der Waals surface area contributed by atoms with E-state index in [0.29, 0.717) is 19.5 Å². The van der Waals surface area contributed by atoms with Crippen molar-refractivity contribution in [2.45, 2.75) is 19.8 Å². The Balaban J connectivity index is 1.72. The lowest BCUT2D eigenvalue weighted by molar-refractivity contribution is -0.134. The van der Waals surface area contributed by atoms with Crippen LogP contribution < -0.4 is 4.90 Å². The lowest BCUT2D eigenvalue weighted by atomic mass is 9.86. The summed E-state index contributed by atoms with van der Waals surface area (Å²) in [5.41, 5.74) is 2.04. The van der Waals surface area contributed by atoms with Gasteiger partial charge >= 0.3 is 0 Å². The van der Waals surface area contributed by atoms with Gasteiger partial charge in [-0.15, -0.1) is 0 Å². The Labute approximate surface area is 130 Å². The molecule has 0 aromatic heterocycles. The fourth-order valence-electron chi connectivity index (χ4n) is 3.49. The smallest absolute Gasteiger partial charge is 0.248 e. The van der Waals surface area contributed by atoms with Gasteiger partial charge in [-0.2, -0.15) is 0 Å². The van der Waals surface area contributed by atoms with Gasteiger partial charge in [0.2, 0.25) is 11.8 Å². The first kappa shape index (κ1) is 15.0. The summed E-state index contributed by atoms with van der Waals surface area (Å²) >= 11 is 0. The third-order valence-corrected chi connectivity index (χ3v) is 4.73. The molecule has 0 saturated carbocycles. The number of carbonyl (C=O) groups excluding carboxylic acids is 2. The van der Waals surface area contributed by atoms with E-state index in [1.54, 1.807) is 0 Å². The van der Waals surface area contributed by atoms with E-state index in [0.717, 1.165) is 18.7 Å². The number of ether oxygens (including phenoxy) is 1. The van der Waals surface area contributed by atoms with Crippen LogP contribution in [0.2, 0.25) is 0 Å². The predicted molar refractivity (Wildman–Crippen MR) is 83.7 cm³/mol. The molecule has 0 N–H and O–H groups in total. The van der Waals surface area contributed by atoms with E-state index in [9.17, 15) is 9.59 Å². The maximum absolute atomic E-state index is 12.4. The van der Waals surface area contributed by atoms with Gasteiger partial charge in [0.1, 0.15) is 6.61 Å². The second-order valence-corrected chi connectivity index (χ2v) is 6.49. The summed E-state index contributed by atoms with van der Waals surface area (Å²) in [6.45, 7) is 4.23. The highest BCUT2D eigenvalue weighted by Crippen LogP contribution is 2.41. The standard InChI is InChI=1S/C17H22N2O3/c1-13-3-5-14(6-4-13)19-12-17(9-15(19)20)7-8-18(11-17)16(21)10-22-2/h3-6H,7-12H2,1-2H3. The molecule has 0 bridgehead atoms. The Bertz CT molecular complexity index is 584. The minimum Gasteiger partial charge on any atom is -0.375 e. The van der Waals surface area contributed by atoms with Crippen molar-refractivity contribution < 1.29 is 14.3 Å². The fourth-order valence-corrected chi connectivity index (χ4v) is 3.49. The van der Waals surface area contributed by atoms with E-state index in [-0.39, 0.29) is 23.8 Å². The molecular weight excluding hydrogens is 280 g/mol. The highest BCUT2D eigenvalue weighted by molar-refractivity contribution is 5.96. The largest absolute Gasteiger partial charge is 0.375 e. The number of aryl methyl sites for hydroxylation is 1. The van der Waals surface area contributed by atoms with Crippen molar-refractivity contribution in [2.24, 2.45) is 5.41 Å². The molecule has 0 radical (unpaired) electrons. The second kappa shape index (κ2) is 5.72. The summed E-state index contributed by atoms with van der Waals surface area (Å²) in [7, 11) is 1.53. The molecule has 2 heterocycles. The zero-order chi connectivity index (χ0) is 15.7. The monoisotopic (exact) mass is 302 g/mol. The van der Waals surface area contributed by atoms with Crippen LogP contribution >= 0.6 is 0 Å². The molecule has 1 aromatic carbocycles. The third-order valence-electron chi connectivity index (χ3n) is 4.73. The summed E-state index contributed by atoms with van der Waals surface area (Å²) in [5, 5.41) is 0. The predicted octanol–water partition coefficient (Wildman–Crippen LogP) is 1.60. The molecule has 2 fully saturated rings. The van der Waals surface area contributed by atoms with Crippen LogP contribution in [-0.4, -0.2) is 50.1 Å². The van der Waals surface area contributed by atoms with Crippen molar-refractivity contribution in [3.05, 3.63) is 29.8 Å². The molecule has 3 rings (SSSR count). The van der Waals surface area contributed by atoms with Gasteiger partial charge in [0.25, 0.3) is 0 Å². The van der Waals surface area contributed by atoms with E-state index in [4.69, 9.17) is 4.74 Å². The number of hydrogen-bond acceptors (Lipinski definition) is 3. The van der Waals surface area contributed by atoms with Gasteiger partial charge in [-0.25, -0.2) is 0 Å². The fraction of sp³-hybridized carbons (Fsp3) is 0.529. The molecule has 118 valence electrons. The van der Waals surface area contributed by atoms with E-state index in [1.165, 1.54) is 12.7 Å². The van der Waals surface area contributed by atoms with Crippen molar-refractivity contribution >= 4 is 17.5 Å². The molecule has 22 heavy (non-hydrogen) atoms. The maximum atomic E-state index is 12.4. The number of rotatable bonds is 3. The average molecular weight is 302 g/mol. The van der Waals surface area contributed by atoms with Crippen LogP contribution in [0.5, 0.6) is 0 Å². The van der Waals surface area contributed by atoms with Crippen LogP contribution in [0.15, 0.2) is 24.3 Å². The van der Waals surface area contributed by atoms with Crippen LogP contribution in [0.3, 0.4) is 0 Å². The van der Waals surface area contributed by atoms with Crippen LogP contribution in [0.4, 0.5) is 5.69 Å². The van der Waals surface area contributed by atoms with Gasteiger partial charge in [0, 0.05) is 44.3 Å². The molecular formula is C17H22N2O3. The Morgan fingerprint density at radius 1 is 1.27 bits per heavy atom. The number of benzene rings is 1. The van der Waals surface area contributed by atoms with Gasteiger partial charge in [-0.05, 0) is 25.5 Å². The summed E-state index contributed by atoms with van der Waals surface area (Å²) < 4.78 is 4.92. The van der Waals surface area contributed by atoms with Crippen molar-refractivity contribution in [1.82, 2.24) is 4.90 Å². The van der Waals surface area contributed by atoms with Crippen LogP contribution in [0, 0.1) is 12.3 Å². The topological polar surface area (TPSA) is 49.9 Å². The number of amides is 2. The minimum atomic E-state index is -0.0919. The minimum absolute atomic E-state index is 0.0145. The number of methoxy groups -OCH3 is 1. The Kier molecular flexibility index (Phi) is 3.91.